The van der Waals surface area contributed by atoms with Gasteiger partial charge in [-0.15, -0.1) is 0 Å². The molecule has 11 nitrogen and oxygen atoms in total. The number of esters is 1. The van der Waals surface area contributed by atoms with Crippen LogP contribution < -0.4 is 0 Å². The Kier molecular flexibility index (Phi) is 6.51. The van der Waals surface area contributed by atoms with Gasteiger partial charge < -0.3 is 47.7 Å². The van der Waals surface area contributed by atoms with Crippen molar-refractivity contribution in [1.82, 2.24) is 0 Å². The maximum absolute atomic E-state index is 12.0. The minimum absolute atomic E-state index is 0.565. The van der Waals surface area contributed by atoms with Gasteiger partial charge in [0.15, 0.2) is 6.10 Å². The van der Waals surface area contributed by atoms with Crippen molar-refractivity contribution in [3.8, 4) is 0 Å². The molecule has 3 aliphatic rings. The zero-order valence-corrected chi connectivity index (χ0v) is 19.5. The van der Waals surface area contributed by atoms with Gasteiger partial charge in [0, 0.05) is 35.4 Å². The Hall–Kier alpha value is -0.890. The quantitative estimate of drug-likeness (QED) is 0.583. The Morgan fingerprint density at radius 2 is 0.968 bits per heavy atom. The predicted molar refractivity (Wildman–Crippen MR) is 103 cm³/mol. The molecule has 10 atom stereocenters. The van der Waals surface area contributed by atoms with Gasteiger partial charge in [-0.3, -0.25) is 4.79 Å². The number of rotatable bonds is 5. The lowest BCUT2D eigenvalue weighted by Crippen LogP contribution is -2.79. The molecule has 180 valence electrons. The molecule has 1 N–H and O–H groups in total. The number of fused-ring (bicyclic) bond motifs is 2. The van der Waals surface area contributed by atoms with Crippen molar-refractivity contribution in [3.63, 3.8) is 0 Å². The molecule has 31 heavy (non-hydrogen) atoms. The average molecular weight is 450 g/mol. The summed E-state index contributed by atoms with van der Waals surface area (Å²) in [6.45, 7) is 7.80. The number of ether oxygens (including phenoxy) is 9. The zero-order chi connectivity index (χ0) is 23.4. The molecule has 2 aliphatic heterocycles. The van der Waals surface area contributed by atoms with E-state index in [0.29, 0.717) is 0 Å². The molecule has 11 heteroatoms. The molecule has 0 amide bonds. The van der Waals surface area contributed by atoms with E-state index in [0.717, 1.165) is 0 Å². The molecule has 0 aromatic carbocycles. The predicted octanol–water partition coefficient (Wildman–Crippen LogP) is 0.311. The standard InChI is InChI=1S/C20H34O11/c1-10(21)27-14-15-12(28-17(2,23-6)19(4,25-8)30-15)11(22)13-16(14)31-20(5,26-9)18(3,24-7)29-13/h11-16,22H,1-9H3/t11?,12-,13+,14?,15+,16-,17+,18-,19+,20-. The fourth-order valence-corrected chi connectivity index (χ4v) is 4.40. The molecule has 2 heterocycles. The van der Waals surface area contributed by atoms with Crippen LogP contribution in [0.3, 0.4) is 0 Å². The molecular formula is C20H34O11. The van der Waals surface area contributed by atoms with Crippen molar-refractivity contribution in [2.75, 3.05) is 28.4 Å². The number of hydrogen-bond donors (Lipinski definition) is 1. The molecule has 1 aliphatic carbocycles. The molecule has 2 unspecified atom stereocenters. The van der Waals surface area contributed by atoms with Crippen LogP contribution >= 0.6 is 0 Å². The lowest BCUT2D eigenvalue weighted by atomic mass is 9.81. The van der Waals surface area contributed by atoms with Crippen LogP contribution in [0.4, 0.5) is 0 Å². The Labute approximate surface area is 182 Å². The highest BCUT2D eigenvalue weighted by Crippen LogP contribution is 2.49. The lowest BCUT2D eigenvalue weighted by molar-refractivity contribution is -0.503. The summed E-state index contributed by atoms with van der Waals surface area (Å²) in [5, 5.41) is 11.2. The number of aliphatic hydroxyl groups is 1. The van der Waals surface area contributed by atoms with E-state index in [1.807, 2.05) is 0 Å². The van der Waals surface area contributed by atoms with E-state index >= 15 is 0 Å². The number of aliphatic hydroxyl groups excluding tert-OH is 1. The van der Waals surface area contributed by atoms with Crippen LogP contribution in [0.25, 0.3) is 0 Å². The topological polar surface area (TPSA) is 120 Å². The molecule has 1 saturated carbocycles. The smallest absolute Gasteiger partial charge is 0.303 e. The first-order valence-corrected chi connectivity index (χ1v) is 10.1. The molecule has 2 saturated heterocycles. The van der Waals surface area contributed by atoms with Crippen LogP contribution in [0, 0.1) is 0 Å². The van der Waals surface area contributed by atoms with Crippen molar-refractivity contribution >= 4 is 5.97 Å². The first-order valence-electron chi connectivity index (χ1n) is 10.1. The second-order valence-electron chi connectivity index (χ2n) is 8.49. The van der Waals surface area contributed by atoms with Crippen molar-refractivity contribution in [1.29, 1.82) is 0 Å². The summed E-state index contributed by atoms with van der Waals surface area (Å²) in [6.07, 6.45) is -6.14. The number of carbonyl (C=O) groups is 1. The largest absolute Gasteiger partial charge is 0.457 e. The summed E-state index contributed by atoms with van der Waals surface area (Å²) in [5.41, 5.74) is 0. The van der Waals surface area contributed by atoms with Crippen LogP contribution in [0.15, 0.2) is 0 Å². The van der Waals surface area contributed by atoms with Gasteiger partial charge in [0.05, 0.1) is 0 Å². The SMILES string of the molecule is CO[C@@]1(C)O[C@@H]2C(O)[C@@H]3O[C@@](C)(OC)[C@](C)(OC)O[C@H]3C(OC(C)=O)[C@H]2O[C@]1(C)OC. The second-order valence-corrected chi connectivity index (χ2v) is 8.49. The van der Waals surface area contributed by atoms with Gasteiger partial charge in [-0.1, -0.05) is 0 Å². The van der Waals surface area contributed by atoms with E-state index in [4.69, 9.17) is 42.6 Å². The first-order chi connectivity index (χ1) is 14.3. The van der Waals surface area contributed by atoms with Gasteiger partial charge >= 0.3 is 5.97 Å². The van der Waals surface area contributed by atoms with Gasteiger partial charge in [-0.25, -0.2) is 0 Å². The molecule has 0 bridgehead atoms. The Morgan fingerprint density at radius 3 is 1.23 bits per heavy atom. The highest BCUT2D eigenvalue weighted by molar-refractivity contribution is 5.66. The summed E-state index contributed by atoms with van der Waals surface area (Å²) in [5.74, 6) is -6.08. The van der Waals surface area contributed by atoms with E-state index in [1.54, 1.807) is 27.7 Å². The van der Waals surface area contributed by atoms with Gasteiger partial charge in [-0.2, -0.15) is 0 Å². The summed E-state index contributed by atoms with van der Waals surface area (Å²) in [4.78, 5) is 12.0. The third-order valence-corrected chi connectivity index (χ3v) is 6.92. The molecule has 3 fully saturated rings. The van der Waals surface area contributed by atoms with Crippen molar-refractivity contribution in [2.24, 2.45) is 0 Å². The number of methoxy groups -OCH3 is 4. The highest BCUT2D eigenvalue weighted by atomic mass is 16.8. The Morgan fingerprint density at radius 1 is 0.677 bits per heavy atom. The monoisotopic (exact) mass is 450 g/mol. The highest BCUT2D eigenvalue weighted by Gasteiger charge is 2.69. The zero-order valence-electron chi connectivity index (χ0n) is 19.5. The van der Waals surface area contributed by atoms with E-state index in [2.05, 4.69) is 0 Å². The summed E-state index contributed by atoms with van der Waals surface area (Å²) in [6, 6.07) is 0. The molecule has 0 radical (unpaired) electrons. The molecule has 0 aromatic heterocycles. The van der Waals surface area contributed by atoms with Gasteiger partial charge in [0.1, 0.15) is 30.5 Å². The maximum atomic E-state index is 12.0. The molecular weight excluding hydrogens is 416 g/mol. The third-order valence-electron chi connectivity index (χ3n) is 6.92. The Balaban J connectivity index is 2.07. The van der Waals surface area contributed by atoms with Crippen molar-refractivity contribution in [3.05, 3.63) is 0 Å². The van der Waals surface area contributed by atoms with Crippen LogP contribution in [0.1, 0.15) is 34.6 Å². The van der Waals surface area contributed by atoms with Crippen LogP contribution in [-0.4, -0.2) is 99.3 Å². The van der Waals surface area contributed by atoms with Crippen molar-refractivity contribution < 1.29 is 52.5 Å². The first kappa shape index (κ1) is 24.7. The lowest BCUT2D eigenvalue weighted by Gasteiger charge is -2.61. The fraction of sp³-hybridized carbons (Fsp3) is 0.950. The van der Waals surface area contributed by atoms with Crippen LogP contribution in [0.2, 0.25) is 0 Å². The van der Waals surface area contributed by atoms with E-state index < -0.39 is 65.7 Å². The average Bonchev–Trinajstić information content (AvgIpc) is 2.74. The minimum Gasteiger partial charge on any atom is -0.457 e. The van der Waals surface area contributed by atoms with E-state index in [9.17, 15) is 9.90 Å². The van der Waals surface area contributed by atoms with E-state index in [1.165, 1.54) is 35.4 Å². The number of hydrogen-bond acceptors (Lipinski definition) is 11. The fourth-order valence-electron chi connectivity index (χ4n) is 4.40. The molecule has 3 rings (SSSR count). The van der Waals surface area contributed by atoms with Crippen LogP contribution in [0.5, 0.6) is 0 Å². The van der Waals surface area contributed by atoms with Gasteiger partial charge in [0.2, 0.25) is 23.1 Å². The normalized spacial score (nSPS) is 52.2. The minimum atomic E-state index is -1.38. The van der Waals surface area contributed by atoms with E-state index in [-0.39, 0.29) is 0 Å². The molecule has 0 spiro atoms. The Bertz CT molecular complexity index is 642. The third kappa shape index (κ3) is 3.60. The van der Waals surface area contributed by atoms with Crippen molar-refractivity contribution in [2.45, 2.75) is 94.4 Å². The summed E-state index contributed by atoms with van der Waals surface area (Å²) in [7, 11) is 5.76. The second kappa shape index (κ2) is 8.15. The van der Waals surface area contributed by atoms with Gasteiger partial charge in [-0.05, 0) is 27.7 Å². The summed E-state index contributed by atoms with van der Waals surface area (Å²) < 4.78 is 52.6. The van der Waals surface area contributed by atoms with Gasteiger partial charge in [0.25, 0.3) is 0 Å². The molecule has 0 aromatic rings. The van der Waals surface area contributed by atoms with Crippen LogP contribution in [-0.2, 0) is 47.4 Å². The maximum Gasteiger partial charge on any atom is 0.303 e. The number of carbonyl (C=O) groups excluding carboxylic acids is 1. The summed E-state index contributed by atoms with van der Waals surface area (Å²) >= 11 is 0.